The summed E-state index contributed by atoms with van der Waals surface area (Å²) in [4.78, 5) is 12.4. The van der Waals surface area contributed by atoms with Crippen molar-refractivity contribution in [3.05, 3.63) is 29.8 Å². The minimum absolute atomic E-state index is 0.00263. The Morgan fingerprint density at radius 2 is 1.77 bits per heavy atom. The summed E-state index contributed by atoms with van der Waals surface area (Å²) in [7, 11) is -2.16. The SMILES string of the molecule is CN[C@H](C(=O)N[C@@H]1CC[C@H]2CN(S(=O)(=O)c3ccc(C(F)(F)F)cc3)C[C@H]21)C(C)C. The highest BCUT2D eigenvalue weighted by molar-refractivity contribution is 7.89. The van der Waals surface area contributed by atoms with E-state index in [0.29, 0.717) is 6.54 Å². The Balaban J connectivity index is 1.70. The number of hydrogen-bond donors (Lipinski definition) is 2. The highest BCUT2D eigenvalue weighted by atomic mass is 32.2. The van der Waals surface area contributed by atoms with E-state index in [1.54, 1.807) is 7.05 Å². The number of amides is 1. The summed E-state index contributed by atoms with van der Waals surface area (Å²) in [5.41, 5.74) is -0.883. The maximum atomic E-state index is 12.9. The Kier molecular flexibility index (Phi) is 6.50. The molecule has 1 aromatic rings. The molecule has 0 aromatic heterocycles. The Bertz CT molecular complexity index is 872. The number of sulfonamides is 1. The number of hydrogen-bond acceptors (Lipinski definition) is 4. The fourth-order valence-corrected chi connectivity index (χ4v) is 6.14. The number of carbonyl (C=O) groups excluding carboxylic acids is 1. The molecule has 1 aliphatic carbocycles. The van der Waals surface area contributed by atoms with Gasteiger partial charge in [-0.1, -0.05) is 13.8 Å². The van der Waals surface area contributed by atoms with Gasteiger partial charge in [0.25, 0.3) is 0 Å². The van der Waals surface area contributed by atoms with E-state index in [1.165, 1.54) is 4.31 Å². The van der Waals surface area contributed by atoms with E-state index in [9.17, 15) is 26.4 Å². The number of likely N-dealkylation sites (N-methyl/N-ethyl adjacent to an activating group) is 1. The fourth-order valence-electron chi connectivity index (χ4n) is 4.60. The zero-order valence-electron chi connectivity index (χ0n) is 17.2. The van der Waals surface area contributed by atoms with Crippen LogP contribution in [-0.4, -0.2) is 50.9 Å². The highest BCUT2D eigenvalue weighted by Crippen LogP contribution is 2.40. The summed E-state index contributed by atoms with van der Waals surface area (Å²) in [6, 6.07) is 3.16. The molecular formula is C20H28F3N3O3S. The first-order valence-corrected chi connectivity index (χ1v) is 11.5. The van der Waals surface area contributed by atoms with Crippen molar-refractivity contribution < 1.29 is 26.4 Å². The van der Waals surface area contributed by atoms with Gasteiger partial charge in [-0.2, -0.15) is 17.5 Å². The number of benzene rings is 1. The predicted molar refractivity (Wildman–Crippen MR) is 106 cm³/mol. The van der Waals surface area contributed by atoms with E-state index < -0.39 is 21.8 Å². The molecular weight excluding hydrogens is 419 g/mol. The lowest BCUT2D eigenvalue weighted by molar-refractivity contribution is -0.137. The molecule has 1 aromatic carbocycles. The van der Waals surface area contributed by atoms with Crippen LogP contribution in [0, 0.1) is 17.8 Å². The van der Waals surface area contributed by atoms with Gasteiger partial charge in [0.1, 0.15) is 0 Å². The van der Waals surface area contributed by atoms with Gasteiger partial charge in [-0.15, -0.1) is 0 Å². The number of nitrogens with zero attached hydrogens (tertiary/aromatic N) is 1. The number of fused-ring (bicyclic) bond motifs is 1. The molecule has 30 heavy (non-hydrogen) atoms. The van der Waals surface area contributed by atoms with Gasteiger partial charge < -0.3 is 10.6 Å². The summed E-state index contributed by atoms with van der Waals surface area (Å²) in [6.07, 6.45) is -2.91. The molecule has 1 heterocycles. The summed E-state index contributed by atoms with van der Waals surface area (Å²) < 4.78 is 65.5. The minimum Gasteiger partial charge on any atom is -0.352 e. The van der Waals surface area contributed by atoms with Gasteiger partial charge in [0.05, 0.1) is 16.5 Å². The lowest BCUT2D eigenvalue weighted by Gasteiger charge is -2.26. The smallest absolute Gasteiger partial charge is 0.352 e. The third-order valence-electron chi connectivity index (χ3n) is 6.23. The molecule has 1 saturated heterocycles. The van der Waals surface area contributed by atoms with Crippen LogP contribution in [0.15, 0.2) is 29.2 Å². The molecule has 1 amide bonds. The molecule has 2 aliphatic rings. The third kappa shape index (κ3) is 4.50. The van der Waals surface area contributed by atoms with Gasteiger partial charge in [0.15, 0.2) is 0 Å². The van der Waals surface area contributed by atoms with Gasteiger partial charge in [-0.25, -0.2) is 8.42 Å². The van der Waals surface area contributed by atoms with Crippen LogP contribution in [0.25, 0.3) is 0 Å². The van der Waals surface area contributed by atoms with Crippen LogP contribution in [0.2, 0.25) is 0 Å². The first-order chi connectivity index (χ1) is 13.9. The standard InChI is InChI=1S/C20H28F3N3O3S/c1-12(2)18(24-3)19(27)25-17-9-4-13-10-26(11-16(13)17)30(28,29)15-7-5-14(6-8-15)20(21,22)23/h5-8,12-13,16-18,24H,4,9-11H2,1-3H3,(H,25,27)/t13-,16+,17+,18-/m0/s1. The Morgan fingerprint density at radius 1 is 1.13 bits per heavy atom. The quantitative estimate of drug-likeness (QED) is 0.702. The molecule has 10 heteroatoms. The molecule has 168 valence electrons. The van der Waals surface area contributed by atoms with Crippen molar-refractivity contribution in [1.29, 1.82) is 0 Å². The molecule has 2 N–H and O–H groups in total. The Morgan fingerprint density at radius 3 is 2.30 bits per heavy atom. The second-order valence-electron chi connectivity index (χ2n) is 8.47. The summed E-state index contributed by atoms with van der Waals surface area (Å²) in [5, 5.41) is 6.08. The first kappa shape index (κ1) is 23.0. The molecule has 3 rings (SSSR count). The Labute approximate surface area is 175 Å². The molecule has 1 saturated carbocycles. The fraction of sp³-hybridized carbons (Fsp3) is 0.650. The molecule has 6 nitrogen and oxygen atoms in total. The molecule has 0 spiro atoms. The summed E-state index contributed by atoms with van der Waals surface area (Å²) in [6.45, 7) is 4.48. The van der Waals surface area contributed by atoms with Gasteiger partial charge >= 0.3 is 6.18 Å². The largest absolute Gasteiger partial charge is 0.416 e. The first-order valence-electron chi connectivity index (χ1n) is 10.1. The molecule has 4 atom stereocenters. The van der Waals surface area contributed by atoms with E-state index in [0.717, 1.165) is 37.1 Å². The topological polar surface area (TPSA) is 78.5 Å². The molecule has 0 bridgehead atoms. The lowest BCUT2D eigenvalue weighted by atomic mass is 9.97. The van der Waals surface area contributed by atoms with E-state index in [4.69, 9.17) is 0 Å². The van der Waals surface area contributed by atoms with Crippen molar-refractivity contribution in [2.24, 2.45) is 17.8 Å². The maximum Gasteiger partial charge on any atom is 0.416 e. The molecule has 0 radical (unpaired) electrons. The average molecular weight is 448 g/mol. The molecule has 1 aliphatic heterocycles. The van der Waals surface area contributed by atoms with Gasteiger partial charge in [-0.05, 0) is 61.9 Å². The predicted octanol–water partition coefficient (Wildman–Crippen LogP) is 2.46. The van der Waals surface area contributed by atoms with E-state index in [1.807, 2.05) is 13.8 Å². The van der Waals surface area contributed by atoms with Crippen molar-refractivity contribution in [3.8, 4) is 0 Å². The highest BCUT2D eigenvalue weighted by Gasteiger charge is 2.47. The second kappa shape index (κ2) is 8.47. The van der Waals surface area contributed by atoms with Crippen LogP contribution in [0.3, 0.4) is 0 Å². The van der Waals surface area contributed by atoms with Crippen molar-refractivity contribution in [2.75, 3.05) is 20.1 Å². The van der Waals surface area contributed by atoms with Crippen LogP contribution >= 0.6 is 0 Å². The van der Waals surface area contributed by atoms with E-state index in [2.05, 4.69) is 10.6 Å². The monoisotopic (exact) mass is 447 g/mol. The van der Waals surface area contributed by atoms with Crippen LogP contribution in [0.5, 0.6) is 0 Å². The maximum absolute atomic E-state index is 12.9. The summed E-state index contributed by atoms with van der Waals surface area (Å²) in [5.74, 6) is 0.156. The zero-order valence-corrected chi connectivity index (χ0v) is 18.1. The number of carbonyl (C=O) groups is 1. The van der Waals surface area contributed by atoms with Gasteiger partial charge in [-0.3, -0.25) is 4.79 Å². The van der Waals surface area contributed by atoms with E-state index >= 15 is 0 Å². The van der Waals surface area contributed by atoms with Gasteiger partial charge in [0, 0.05) is 19.1 Å². The van der Waals surface area contributed by atoms with Crippen molar-refractivity contribution in [3.63, 3.8) is 0 Å². The third-order valence-corrected chi connectivity index (χ3v) is 8.08. The number of nitrogens with one attached hydrogen (secondary N) is 2. The van der Waals surface area contributed by atoms with Crippen molar-refractivity contribution in [2.45, 2.75) is 49.8 Å². The Hall–Kier alpha value is -1.65. The number of alkyl halides is 3. The normalized spacial score (nSPS) is 26.0. The number of halogens is 3. The van der Waals surface area contributed by atoms with Crippen molar-refractivity contribution in [1.82, 2.24) is 14.9 Å². The van der Waals surface area contributed by atoms with Gasteiger partial charge in [0.2, 0.25) is 15.9 Å². The van der Waals surface area contributed by atoms with Crippen LogP contribution < -0.4 is 10.6 Å². The minimum atomic E-state index is -4.51. The molecule has 2 fully saturated rings. The summed E-state index contributed by atoms with van der Waals surface area (Å²) >= 11 is 0. The lowest BCUT2D eigenvalue weighted by Crippen LogP contribution is -2.50. The second-order valence-corrected chi connectivity index (χ2v) is 10.4. The van der Waals surface area contributed by atoms with E-state index in [-0.39, 0.29) is 47.2 Å². The number of rotatable bonds is 6. The van der Waals surface area contributed by atoms with Crippen LogP contribution in [0.4, 0.5) is 13.2 Å². The average Bonchev–Trinajstić information content (AvgIpc) is 3.24. The van der Waals surface area contributed by atoms with Crippen LogP contribution in [-0.2, 0) is 21.0 Å². The molecule has 0 unspecified atom stereocenters. The van der Waals surface area contributed by atoms with Crippen LogP contribution in [0.1, 0.15) is 32.3 Å². The van der Waals surface area contributed by atoms with Crippen molar-refractivity contribution >= 4 is 15.9 Å². The zero-order chi connectivity index (χ0) is 22.3.